The lowest BCUT2D eigenvalue weighted by Crippen LogP contribution is -2.01. The fourth-order valence-electron chi connectivity index (χ4n) is 4.94. The van der Waals surface area contributed by atoms with Crippen LogP contribution in [-0.4, -0.2) is 26.7 Å². The van der Waals surface area contributed by atoms with E-state index < -0.39 is 11.9 Å². The summed E-state index contributed by atoms with van der Waals surface area (Å²) in [6, 6.07) is 32.3. The van der Waals surface area contributed by atoms with Gasteiger partial charge in [0.2, 0.25) is 0 Å². The Labute approximate surface area is 238 Å². The highest BCUT2D eigenvalue weighted by molar-refractivity contribution is 5.96. The molecule has 0 radical (unpaired) electrons. The summed E-state index contributed by atoms with van der Waals surface area (Å²) < 4.78 is 7.95. The zero-order chi connectivity index (χ0) is 28.6. The minimum absolute atomic E-state index is 0.0633. The number of rotatable bonds is 12. The number of aliphatic carboxylic acids is 2. The van der Waals surface area contributed by atoms with Crippen LogP contribution in [0.4, 0.5) is 0 Å². The molecule has 206 valence electrons. The maximum Gasteiger partial charge on any atom is 0.307 e. The van der Waals surface area contributed by atoms with Gasteiger partial charge in [-0.2, -0.15) is 0 Å². The molecule has 0 aliphatic carbocycles. The molecule has 0 saturated heterocycles. The standard InChI is InChI=1S/C35H31NO5/c37-33(38)10-5-21-36-23-30(22-34(39)40)35-29(8-4-9-32(35)36)18-11-25-14-19-31(20-15-25)41-24-26-12-16-28(17-13-26)27-6-2-1-3-7-27/h1-4,6-9,11-20,23H,5,10,21-22,24H2,(H,37,38)(H,39,40). The van der Waals surface area contributed by atoms with E-state index in [4.69, 9.17) is 9.84 Å². The lowest BCUT2D eigenvalue weighted by atomic mass is 10.0. The van der Waals surface area contributed by atoms with Crippen molar-refractivity contribution in [2.45, 2.75) is 32.4 Å². The van der Waals surface area contributed by atoms with Crippen LogP contribution in [-0.2, 0) is 29.2 Å². The molecule has 1 aromatic heterocycles. The molecule has 0 bridgehead atoms. The third-order valence-corrected chi connectivity index (χ3v) is 6.95. The van der Waals surface area contributed by atoms with E-state index in [-0.39, 0.29) is 12.8 Å². The Hall–Kier alpha value is -5.10. The van der Waals surface area contributed by atoms with Crippen molar-refractivity contribution in [2.75, 3.05) is 0 Å². The molecule has 0 aliphatic rings. The molecular formula is C35H31NO5. The number of ether oxygens (including phenoxy) is 1. The normalized spacial score (nSPS) is 11.2. The SMILES string of the molecule is O=C(O)CCCn1cc(CC(=O)O)c2c(C=Cc3ccc(OCc4ccc(-c5ccccc5)cc4)cc3)cccc21. The maximum atomic E-state index is 11.5. The van der Waals surface area contributed by atoms with Gasteiger partial charge < -0.3 is 19.5 Å². The summed E-state index contributed by atoms with van der Waals surface area (Å²) in [6.07, 6.45) is 6.24. The molecule has 1 heterocycles. The molecule has 0 spiro atoms. The number of nitrogens with zero attached hydrogens (tertiary/aromatic N) is 1. The Morgan fingerprint density at radius 1 is 0.756 bits per heavy atom. The van der Waals surface area contributed by atoms with Gasteiger partial charge in [-0.1, -0.05) is 91.0 Å². The van der Waals surface area contributed by atoms with Gasteiger partial charge in [0.05, 0.1) is 6.42 Å². The van der Waals surface area contributed by atoms with E-state index in [0.717, 1.165) is 33.3 Å². The highest BCUT2D eigenvalue weighted by atomic mass is 16.5. The van der Waals surface area contributed by atoms with Crippen LogP contribution < -0.4 is 4.74 Å². The highest BCUT2D eigenvalue weighted by Crippen LogP contribution is 2.28. The number of aryl methyl sites for hydroxylation is 1. The molecular weight excluding hydrogens is 514 g/mol. The van der Waals surface area contributed by atoms with Gasteiger partial charge >= 0.3 is 11.9 Å². The smallest absolute Gasteiger partial charge is 0.307 e. The highest BCUT2D eigenvalue weighted by Gasteiger charge is 2.14. The van der Waals surface area contributed by atoms with Crippen molar-refractivity contribution in [2.24, 2.45) is 0 Å². The summed E-state index contributed by atoms with van der Waals surface area (Å²) in [6.45, 7) is 0.982. The number of hydrogen-bond donors (Lipinski definition) is 2. The summed E-state index contributed by atoms with van der Waals surface area (Å²) in [5.41, 5.74) is 6.96. The van der Waals surface area contributed by atoms with Crippen LogP contribution in [0.2, 0.25) is 0 Å². The fraction of sp³-hybridized carbons (Fsp3) is 0.143. The van der Waals surface area contributed by atoms with Crippen molar-refractivity contribution < 1.29 is 24.5 Å². The van der Waals surface area contributed by atoms with Crippen LogP contribution >= 0.6 is 0 Å². The van der Waals surface area contributed by atoms with E-state index in [1.807, 2.05) is 83.6 Å². The first-order valence-electron chi connectivity index (χ1n) is 13.6. The monoisotopic (exact) mass is 545 g/mol. The van der Waals surface area contributed by atoms with Gasteiger partial charge in [0.1, 0.15) is 12.4 Å². The number of aromatic nitrogens is 1. The van der Waals surface area contributed by atoms with Crippen LogP contribution in [0.1, 0.15) is 35.1 Å². The van der Waals surface area contributed by atoms with Crippen LogP contribution in [0.5, 0.6) is 5.75 Å². The zero-order valence-electron chi connectivity index (χ0n) is 22.6. The molecule has 6 heteroatoms. The van der Waals surface area contributed by atoms with E-state index in [9.17, 15) is 14.7 Å². The summed E-state index contributed by atoms with van der Waals surface area (Å²) >= 11 is 0. The second-order valence-corrected chi connectivity index (χ2v) is 9.91. The number of fused-ring (bicyclic) bond motifs is 1. The van der Waals surface area contributed by atoms with E-state index in [1.54, 1.807) is 0 Å². The predicted molar refractivity (Wildman–Crippen MR) is 162 cm³/mol. The average molecular weight is 546 g/mol. The van der Waals surface area contributed by atoms with Crippen molar-refractivity contribution >= 4 is 35.0 Å². The van der Waals surface area contributed by atoms with Crippen molar-refractivity contribution in [1.82, 2.24) is 4.57 Å². The summed E-state index contributed by atoms with van der Waals surface area (Å²) in [4.78, 5) is 22.5. The molecule has 6 nitrogen and oxygen atoms in total. The third-order valence-electron chi connectivity index (χ3n) is 6.95. The second kappa shape index (κ2) is 12.8. The molecule has 5 aromatic rings. The molecule has 4 aromatic carbocycles. The molecule has 2 N–H and O–H groups in total. The summed E-state index contributed by atoms with van der Waals surface area (Å²) in [5.74, 6) is -0.973. The largest absolute Gasteiger partial charge is 0.489 e. The van der Waals surface area contributed by atoms with Crippen molar-refractivity contribution in [3.8, 4) is 16.9 Å². The number of benzene rings is 4. The Morgan fingerprint density at radius 2 is 1.49 bits per heavy atom. The maximum absolute atomic E-state index is 11.5. The zero-order valence-corrected chi connectivity index (χ0v) is 22.6. The number of carbonyl (C=O) groups is 2. The Kier molecular flexibility index (Phi) is 8.60. The van der Waals surface area contributed by atoms with E-state index >= 15 is 0 Å². The first kappa shape index (κ1) is 27.5. The van der Waals surface area contributed by atoms with E-state index in [1.165, 1.54) is 11.1 Å². The Bertz CT molecular complexity index is 1670. The summed E-state index contributed by atoms with van der Waals surface area (Å²) in [5, 5.41) is 19.3. The summed E-state index contributed by atoms with van der Waals surface area (Å²) in [7, 11) is 0. The number of hydrogen-bond acceptors (Lipinski definition) is 3. The average Bonchev–Trinajstić information content (AvgIpc) is 3.33. The van der Waals surface area contributed by atoms with Crippen molar-refractivity contribution in [1.29, 1.82) is 0 Å². The molecule has 0 fully saturated rings. The van der Waals surface area contributed by atoms with Gasteiger partial charge in [-0.3, -0.25) is 9.59 Å². The number of carboxylic acid groups (broad SMARTS) is 2. The molecule has 0 amide bonds. The van der Waals surface area contributed by atoms with Crippen molar-refractivity contribution in [3.63, 3.8) is 0 Å². The number of carboxylic acids is 2. The lowest BCUT2D eigenvalue weighted by Gasteiger charge is -2.08. The topological polar surface area (TPSA) is 88.8 Å². The van der Waals surface area contributed by atoms with Crippen LogP contribution in [0, 0.1) is 0 Å². The van der Waals surface area contributed by atoms with Crippen LogP contribution in [0.25, 0.3) is 34.2 Å². The van der Waals surface area contributed by atoms with Gasteiger partial charge in [0, 0.05) is 30.1 Å². The second-order valence-electron chi connectivity index (χ2n) is 9.91. The van der Waals surface area contributed by atoms with Gasteiger partial charge in [0.15, 0.2) is 0 Å². The van der Waals surface area contributed by atoms with Crippen LogP contribution in [0.3, 0.4) is 0 Å². The quantitative estimate of drug-likeness (QED) is 0.158. The molecule has 41 heavy (non-hydrogen) atoms. The Balaban J connectivity index is 1.27. The molecule has 0 saturated carbocycles. The lowest BCUT2D eigenvalue weighted by molar-refractivity contribution is -0.137. The predicted octanol–water partition coefficient (Wildman–Crippen LogP) is 7.55. The fourth-order valence-corrected chi connectivity index (χ4v) is 4.94. The van der Waals surface area contributed by atoms with Gasteiger partial charge in [-0.05, 0) is 58.0 Å². The Morgan fingerprint density at radius 3 is 2.20 bits per heavy atom. The van der Waals surface area contributed by atoms with Crippen molar-refractivity contribution in [3.05, 3.63) is 126 Å². The van der Waals surface area contributed by atoms with E-state index in [0.29, 0.717) is 25.1 Å². The molecule has 5 rings (SSSR count). The van der Waals surface area contributed by atoms with E-state index in [2.05, 4.69) is 36.4 Å². The van der Waals surface area contributed by atoms with Gasteiger partial charge in [0.25, 0.3) is 0 Å². The minimum atomic E-state index is -0.906. The van der Waals surface area contributed by atoms with Gasteiger partial charge in [-0.25, -0.2) is 0 Å². The minimum Gasteiger partial charge on any atom is -0.489 e. The molecule has 0 aliphatic heterocycles. The van der Waals surface area contributed by atoms with Crippen LogP contribution in [0.15, 0.2) is 103 Å². The molecule has 0 unspecified atom stereocenters. The first-order chi connectivity index (χ1) is 20.0. The molecule has 0 atom stereocenters. The third kappa shape index (κ3) is 7.11. The van der Waals surface area contributed by atoms with Gasteiger partial charge in [-0.15, -0.1) is 0 Å². The first-order valence-corrected chi connectivity index (χ1v) is 13.6.